The van der Waals surface area contributed by atoms with Gasteiger partial charge in [-0.05, 0) is 57.1 Å². The molecule has 0 aromatic heterocycles. The second-order valence-corrected chi connectivity index (χ2v) is 5.60. The number of nitrogens with one attached hydrogen (secondary N) is 1. The monoisotopic (exact) mass is 353 g/mol. The van der Waals surface area contributed by atoms with Gasteiger partial charge in [-0.2, -0.15) is 0 Å². The van der Waals surface area contributed by atoms with Gasteiger partial charge < -0.3 is 16.0 Å². The molecule has 1 heterocycles. The number of halogens is 3. The third-order valence-electron chi connectivity index (χ3n) is 3.63. The van der Waals surface area contributed by atoms with E-state index in [0.29, 0.717) is 28.7 Å². The number of rotatable bonds is 3. The molecule has 1 fully saturated rings. The summed E-state index contributed by atoms with van der Waals surface area (Å²) in [5, 5.41) is 3.36. The molecule has 0 atom stereocenters. The van der Waals surface area contributed by atoms with Crippen molar-refractivity contribution in [2.45, 2.75) is 12.8 Å². The van der Waals surface area contributed by atoms with Crippen LogP contribution in [0.3, 0.4) is 0 Å². The molecule has 120 valence electrons. The number of carbonyl (C=O) groups excluding carboxylic acids is 1. The fourth-order valence-corrected chi connectivity index (χ4v) is 2.59. The number of hydrogen-bond acceptors (Lipinski definition) is 3. The largest absolute Gasteiger partial charge is 0.399 e. The fraction of sp³-hybridized carbons (Fsp3) is 0.500. The van der Waals surface area contributed by atoms with E-state index in [1.807, 2.05) is 0 Å². The summed E-state index contributed by atoms with van der Waals surface area (Å²) < 4.78 is 0. The van der Waals surface area contributed by atoms with Crippen LogP contribution in [0, 0.1) is 5.92 Å². The molecule has 1 saturated heterocycles. The number of nitrogens with zero attached hydrogens (tertiary/aromatic N) is 1. The number of anilines is 1. The molecule has 4 nitrogen and oxygen atoms in total. The average molecular weight is 355 g/mol. The van der Waals surface area contributed by atoms with Crippen LogP contribution < -0.4 is 11.1 Å². The lowest BCUT2D eigenvalue weighted by Crippen LogP contribution is -2.36. The van der Waals surface area contributed by atoms with Crippen molar-refractivity contribution in [3.05, 3.63) is 28.8 Å². The van der Waals surface area contributed by atoms with Crippen LogP contribution in [0.25, 0.3) is 0 Å². The lowest BCUT2D eigenvalue weighted by molar-refractivity contribution is 0.0939. The van der Waals surface area contributed by atoms with Crippen molar-refractivity contribution < 1.29 is 4.79 Å². The Bertz CT molecular complexity index is 463. The molecule has 0 saturated carbocycles. The highest BCUT2D eigenvalue weighted by atomic mass is 35.5. The van der Waals surface area contributed by atoms with Gasteiger partial charge in [0.1, 0.15) is 0 Å². The molecular formula is C14H22Cl3N3O. The van der Waals surface area contributed by atoms with E-state index < -0.39 is 0 Å². The minimum atomic E-state index is -0.121. The highest BCUT2D eigenvalue weighted by Gasteiger charge is 2.18. The summed E-state index contributed by atoms with van der Waals surface area (Å²) in [6.45, 7) is 2.92. The van der Waals surface area contributed by atoms with Crippen molar-refractivity contribution in [1.82, 2.24) is 10.2 Å². The van der Waals surface area contributed by atoms with Crippen molar-refractivity contribution >= 4 is 48.0 Å². The zero-order chi connectivity index (χ0) is 13.8. The van der Waals surface area contributed by atoms with Crippen molar-refractivity contribution in [3.8, 4) is 0 Å². The average Bonchev–Trinajstić information content (AvgIpc) is 2.37. The van der Waals surface area contributed by atoms with Crippen molar-refractivity contribution in [3.63, 3.8) is 0 Å². The molecule has 1 aliphatic rings. The Labute approximate surface area is 143 Å². The van der Waals surface area contributed by atoms with Crippen molar-refractivity contribution in [1.29, 1.82) is 0 Å². The van der Waals surface area contributed by atoms with Gasteiger partial charge in [0.05, 0.1) is 10.6 Å². The molecular weight excluding hydrogens is 333 g/mol. The molecule has 0 spiro atoms. The second kappa shape index (κ2) is 9.36. The Hall–Kier alpha value is -0.680. The molecule has 1 aromatic carbocycles. The Kier molecular flexibility index (Phi) is 9.06. The summed E-state index contributed by atoms with van der Waals surface area (Å²) in [6.07, 6.45) is 2.26. The summed E-state index contributed by atoms with van der Waals surface area (Å²) >= 11 is 6.02. The van der Waals surface area contributed by atoms with Gasteiger partial charge in [0.15, 0.2) is 0 Å². The molecule has 2 rings (SSSR count). The fourth-order valence-electron chi connectivity index (χ4n) is 2.31. The van der Waals surface area contributed by atoms with Crippen LogP contribution in [0.1, 0.15) is 23.2 Å². The zero-order valence-electron chi connectivity index (χ0n) is 12.0. The van der Waals surface area contributed by atoms with Gasteiger partial charge in [-0.3, -0.25) is 4.79 Å². The number of nitrogens with two attached hydrogens (primary N) is 1. The van der Waals surface area contributed by atoms with Crippen molar-refractivity contribution in [2.75, 3.05) is 32.4 Å². The zero-order valence-corrected chi connectivity index (χ0v) is 14.4. The third kappa shape index (κ3) is 5.91. The Morgan fingerprint density at radius 3 is 2.57 bits per heavy atom. The van der Waals surface area contributed by atoms with E-state index in [1.165, 1.54) is 0 Å². The quantitative estimate of drug-likeness (QED) is 0.821. The number of amides is 1. The lowest BCUT2D eigenvalue weighted by atomic mass is 9.97. The first kappa shape index (κ1) is 20.3. The normalized spacial score (nSPS) is 15.7. The Morgan fingerprint density at radius 2 is 2.00 bits per heavy atom. The first-order chi connectivity index (χ1) is 9.06. The van der Waals surface area contributed by atoms with Gasteiger partial charge in [0.25, 0.3) is 5.91 Å². The van der Waals surface area contributed by atoms with Crippen LogP contribution in [0.5, 0.6) is 0 Å². The molecule has 21 heavy (non-hydrogen) atoms. The van der Waals surface area contributed by atoms with Crippen molar-refractivity contribution in [2.24, 2.45) is 5.92 Å². The smallest absolute Gasteiger partial charge is 0.252 e. The van der Waals surface area contributed by atoms with Gasteiger partial charge in [-0.25, -0.2) is 0 Å². The van der Waals surface area contributed by atoms with E-state index in [0.717, 1.165) is 25.9 Å². The number of benzene rings is 1. The molecule has 0 aliphatic carbocycles. The van der Waals surface area contributed by atoms with E-state index in [1.54, 1.807) is 18.2 Å². The highest BCUT2D eigenvalue weighted by Crippen LogP contribution is 2.19. The molecule has 1 aromatic rings. The molecule has 1 aliphatic heterocycles. The van der Waals surface area contributed by atoms with E-state index in [2.05, 4.69) is 17.3 Å². The Morgan fingerprint density at radius 1 is 1.38 bits per heavy atom. The minimum Gasteiger partial charge on any atom is -0.399 e. The van der Waals surface area contributed by atoms with Crippen LogP contribution in [-0.2, 0) is 0 Å². The van der Waals surface area contributed by atoms with Gasteiger partial charge in [0, 0.05) is 12.2 Å². The summed E-state index contributed by atoms with van der Waals surface area (Å²) in [5.74, 6) is 0.441. The van der Waals surface area contributed by atoms with E-state index >= 15 is 0 Å². The number of hydrogen-bond donors (Lipinski definition) is 2. The number of piperidine rings is 1. The van der Waals surface area contributed by atoms with Crippen LogP contribution in [-0.4, -0.2) is 37.5 Å². The van der Waals surface area contributed by atoms with Crippen LogP contribution in [0.4, 0.5) is 5.69 Å². The lowest BCUT2D eigenvalue weighted by Gasteiger charge is -2.28. The number of likely N-dealkylation sites (tertiary alicyclic amines) is 1. The number of nitrogen functional groups attached to an aromatic ring is 1. The first-order valence-corrected chi connectivity index (χ1v) is 6.96. The maximum atomic E-state index is 12.0. The predicted molar refractivity (Wildman–Crippen MR) is 92.9 cm³/mol. The predicted octanol–water partition coefficient (Wildman–Crippen LogP) is 2.84. The van der Waals surface area contributed by atoms with E-state index in [9.17, 15) is 4.79 Å². The Balaban J connectivity index is 0.00000200. The number of carbonyl (C=O) groups is 1. The molecule has 0 radical (unpaired) electrons. The van der Waals surface area contributed by atoms with E-state index in [4.69, 9.17) is 17.3 Å². The maximum Gasteiger partial charge on any atom is 0.252 e. The highest BCUT2D eigenvalue weighted by molar-refractivity contribution is 6.34. The first-order valence-electron chi connectivity index (χ1n) is 6.58. The second-order valence-electron chi connectivity index (χ2n) is 5.20. The SMILES string of the molecule is CN1CCC(CNC(=O)c2ccc(N)cc2Cl)CC1.Cl.Cl. The molecule has 7 heteroatoms. The van der Waals surface area contributed by atoms with Crippen LogP contribution in [0.2, 0.25) is 5.02 Å². The third-order valence-corrected chi connectivity index (χ3v) is 3.94. The minimum absolute atomic E-state index is 0. The summed E-state index contributed by atoms with van der Waals surface area (Å²) in [5.41, 5.74) is 6.67. The van der Waals surface area contributed by atoms with Gasteiger partial charge >= 0.3 is 0 Å². The molecule has 1 amide bonds. The van der Waals surface area contributed by atoms with Gasteiger partial charge in [-0.1, -0.05) is 11.6 Å². The van der Waals surface area contributed by atoms with Crippen LogP contribution in [0.15, 0.2) is 18.2 Å². The van der Waals surface area contributed by atoms with Crippen LogP contribution >= 0.6 is 36.4 Å². The standard InChI is InChI=1S/C14H20ClN3O.2ClH/c1-18-6-4-10(5-7-18)9-17-14(19)12-3-2-11(16)8-13(12)15;;/h2-3,8,10H,4-7,9,16H2,1H3,(H,17,19);2*1H. The summed E-state index contributed by atoms with van der Waals surface area (Å²) in [6, 6.07) is 4.96. The summed E-state index contributed by atoms with van der Waals surface area (Å²) in [7, 11) is 2.13. The molecule has 3 N–H and O–H groups in total. The van der Waals surface area contributed by atoms with Gasteiger partial charge in [0.2, 0.25) is 0 Å². The van der Waals surface area contributed by atoms with E-state index in [-0.39, 0.29) is 30.7 Å². The van der Waals surface area contributed by atoms with Gasteiger partial charge in [-0.15, -0.1) is 24.8 Å². The maximum absolute atomic E-state index is 12.0. The molecule has 0 unspecified atom stereocenters. The summed E-state index contributed by atoms with van der Waals surface area (Å²) in [4.78, 5) is 14.4. The topological polar surface area (TPSA) is 58.4 Å². The molecule has 0 bridgehead atoms.